The predicted molar refractivity (Wildman–Crippen MR) is 113 cm³/mol. The van der Waals surface area contributed by atoms with Crippen LogP contribution in [0.1, 0.15) is 46.7 Å². The number of aryl methyl sites for hydroxylation is 1. The van der Waals surface area contributed by atoms with Gasteiger partial charge in [-0.1, -0.05) is 12.1 Å². The summed E-state index contributed by atoms with van der Waals surface area (Å²) in [6.07, 6.45) is 2.55. The number of amides is 1. The molecule has 31 heavy (non-hydrogen) atoms. The average molecular weight is 427 g/mol. The van der Waals surface area contributed by atoms with E-state index in [1.807, 2.05) is 19.2 Å². The second-order valence-electron chi connectivity index (χ2n) is 7.61. The Balaban J connectivity index is 1.59. The minimum absolute atomic E-state index is 0.182. The molecular formula is C21H25N5O5. The zero-order chi connectivity index (χ0) is 22.5. The SMILES string of the molecule is CN1CC(CCc2ccc(C(=O)N[C@@H](CCC(=O)O)C(=O)O)cc2)c2c(N)ncnc21. The van der Waals surface area contributed by atoms with E-state index in [0.29, 0.717) is 11.4 Å². The number of carboxylic acids is 2. The summed E-state index contributed by atoms with van der Waals surface area (Å²) in [7, 11) is 1.97. The van der Waals surface area contributed by atoms with Crippen LogP contribution in [0.2, 0.25) is 0 Å². The molecule has 0 bridgehead atoms. The Bertz CT molecular complexity index is 979. The average Bonchev–Trinajstić information content (AvgIpc) is 3.06. The molecule has 1 aliphatic heterocycles. The van der Waals surface area contributed by atoms with Crippen LogP contribution in [0, 0.1) is 0 Å². The lowest BCUT2D eigenvalue weighted by molar-refractivity contribution is -0.140. The zero-order valence-electron chi connectivity index (χ0n) is 17.1. The van der Waals surface area contributed by atoms with Gasteiger partial charge < -0.3 is 26.2 Å². The summed E-state index contributed by atoms with van der Waals surface area (Å²) in [6, 6.07) is 5.66. The van der Waals surface area contributed by atoms with Gasteiger partial charge in [-0.05, 0) is 37.0 Å². The van der Waals surface area contributed by atoms with Crippen molar-refractivity contribution in [3.8, 4) is 0 Å². The van der Waals surface area contributed by atoms with Crippen molar-refractivity contribution in [2.24, 2.45) is 0 Å². The minimum Gasteiger partial charge on any atom is -0.481 e. The fraction of sp³-hybridized carbons (Fsp3) is 0.381. The molecule has 0 saturated carbocycles. The molecule has 1 unspecified atom stereocenters. The van der Waals surface area contributed by atoms with Crippen LogP contribution in [0.3, 0.4) is 0 Å². The highest BCUT2D eigenvalue weighted by Crippen LogP contribution is 2.38. The molecule has 10 heteroatoms. The van der Waals surface area contributed by atoms with Crippen LogP contribution in [-0.4, -0.2) is 57.7 Å². The lowest BCUT2D eigenvalue weighted by Crippen LogP contribution is -2.41. The largest absolute Gasteiger partial charge is 0.481 e. The Hall–Kier alpha value is -3.69. The number of aliphatic carboxylic acids is 2. The molecule has 0 spiro atoms. The van der Waals surface area contributed by atoms with Gasteiger partial charge in [-0.25, -0.2) is 14.8 Å². The third-order valence-corrected chi connectivity index (χ3v) is 5.41. The fourth-order valence-corrected chi connectivity index (χ4v) is 3.77. The number of hydrogen-bond donors (Lipinski definition) is 4. The Morgan fingerprint density at radius 2 is 1.94 bits per heavy atom. The van der Waals surface area contributed by atoms with Gasteiger partial charge in [0.1, 0.15) is 24.0 Å². The van der Waals surface area contributed by atoms with Gasteiger partial charge in [-0.15, -0.1) is 0 Å². The summed E-state index contributed by atoms with van der Waals surface area (Å²) in [4.78, 5) is 44.7. The van der Waals surface area contributed by atoms with E-state index >= 15 is 0 Å². The number of fused-ring (bicyclic) bond motifs is 1. The van der Waals surface area contributed by atoms with Crippen molar-refractivity contribution in [3.05, 3.63) is 47.3 Å². The van der Waals surface area contributed by atoms with Gasteiger partial charge in [0.15, 0.2) is 0 Å². The number of aromatic nitrogens is 2. The molecule has 2 heterocycles. The molecule has 2 atom stereocenters. The van der Waals surface area contributed by atoms with Crippen molar-refractivity contribution in [1.29, 1.82) is 0 Å². The van der Waals surface area contributed by atoms with Crippen LogP contribution in [-0.2, 0) is 16.0 Å². The molecule has 0 fully saturated rings. The summed E-state index contributed by atoms with van der Waals surface area (Å²) >= 11 is 0. The standard InChI is InChI=1S/C21H25N5O5/c1-26-10-14(17-18(22)23-11-24-19(17)26)7-4-12-2-5-13(6-3-12)20(29)25-15(21(30)31)8-9-16(27)28/h2-3,5-6,11,14-15H,4,7-10H2,1H3,(H,25,29)(H,27,28)(H,30,31)(H2,22,23,24)/t14?,15-/m0/s1. The second kappa shape index (κ2) is 9.41. The maximum absolute atomic E-state index is 12.3. The number of anilines is 2. The van der Waals surface area contributed by atoms with E-state index in [1.165, 1.54) is 6.33 Å². The molecule has 2 aromatic rings. The Morgan fingerprint density at radius 1 is 1.23 bits per heavy atom. The third-order valence-electron chi connectivity index (χ3n) is 5.41. The maximum atomic E-state index is 12.3. The number of nitrogen functional groups attached to an aromatic ring is 1. The first-order valence-electron chi connectivity index (χ1n) is 9.92. The number of likely N-dealkylation sites (N-methyl/N-ethyl adjacent to an activating group) is 1. The van der Waals surface area contributed by atoms with Gasteiger partial charge in [-0.2, -0.15) is 0 Å². The molecule has 1 aromatic heterocycles. The van der Waals surface area contributed by atoms with Gasteiger partial charge in [0.25, 0.3) is 5.91 Å². The number of carboxylic acid groups (broad SMARTS) is 2. The smallest absolute Gasteiger partial charge is 0.326 e. The first-order chi connectivity index (χ1) is 14.8. The van der Waals surface area contributed by atoms with E-state index in [4.69, 9.17) is 10.8 Å². The summed E-state index contributed by atoms with van der Waals surface area (Å²) in [6.45, 7) is 0.811. The van der Waals surface area contributed by atoms with Crippen LogP contribution >= 0.6 is 0 Å². The highest BCUT2D eigenvalue weighted by Gasteiger charge is 2.30. The number of carbonyl (C=O) groups excluding carboxylic acids is 1. The highest BCUT2D eigenvalue weighted by molar-refractivity contribution is 5.96. The van der Waals surface area contributed by atoms with E-state index in [9.17, 15) is 19.5 Å². The van der Waals surface area contributed by atoms with Crippen molar-refractivity contribution in [2.45, 2.75) is 37.6 Å². The molecule has 1 aliphatic rings. The molecule has 5 N–H and O–H groups in total. The van der Waals surface area contributed by atoms with Crippen LogP contribution in [0.4, 0.5) is 11.6 Å². The van der Waals surface area contributed by atoms with Crippen LogP contribution < -0.4 is 16.0 Å². The third kappa shape index (κ3) is 5.27. The van der Waals surface area contributed by atoms with Gasteiger partial charge in [0.2, 0.25) is 0 Å². The van der Waals surface area contributed by atoms with Gasteiger partial charge >= 0.3 is 11.9 Å². The first-order valence-corrected chi connectivity index (χ1v) is 9.92. The van der Waals surface area contributed by atoms with E-state index in [0.717, 1.165) is 36.3 Å². The van der Waals surface area contributed by atoms with Gasteiger partial charge in [-0.3, -0.25) is 9.59 Å². The van der Waals surface area contributed by atoms with Crippen LogP contribution in [0.15, 0.2) is 30.6 Å². The summed E-state index contributed by atoms with van der Waals surface area (Å²) in [5.41, 5.74) is 8.37. The number of benzene rings is 1. The van der Waals surface area contributed by atoms with Gasteiger partial charge in [0, 0.05) is 37.1 Å². The number of hydrogen-bond acceptors (Lipinski definition) is 7. The molecule has 3 rings (SSSR count). The monoisotopic (exact) mass is 427 g/mol. The second-order valence-corrected chi connectivity index (χ2v) is 7.61. The molecule has 0 aliphatic carbocycles. The molecule has 164 valence electrons. The Kier molecular flexibility index (Phi) is 6.68. The van der Waals surface area contributed by atoms with Crippen molar-refractivity contribution < 1.29 is 24.6 Å². The van der Waals surface area contributed by atoms with Crippen molar-refractivity contribution >= 4 is 29.5 Å². The maximum Gasteiger partial charge on any atom is 0.326 e. The van der Waals surface area contributed by atoms with E-state index in [1.54, 1.807) is 12.1 Å². The van der Waals surface area contributed by atoms with E-state index in [2.05, 4.69) is 20.2 Å². The predicted octanol–water partition coefficient (Wildman–Crippen LogP) is 1.27. The number of rotatable bonds is 9. The zero-order valence-corrected chi connectivity index (χ0v) is 17.1. The van der Waals surface area contributed by atoms with Gasteiger partial charge in [0.05, 0.1) is 0 Å². The first kappa shape index (κ1) is 22.0. The minimum atomic E-state index is -1.27. The summed E-state index contributed by atoms with van der Waals surface area (Å²) in [5, 5.41) is 20.3. The number of nitrogens with two attached hydrogens (primary N) is 1. The number of nitrogens with zero attached hydrogens (tertiary/aromatic N) is 3. The molecule has 1 amide bonds. The topological polar surface area (TPSA) is 159 Å². The fourth-order valence-electron chi connectivity index (χ4n) is 3.77. The Morgan fingerprint density at radius 3 is 2.58 bits per heavy atom. The van der Waals surface area contributed by atoms with Crippen LogP contribution in [0.5, 0.6) is 0 Å². The van der Waals surface area contributed by atoms with Crippen molar-refractivity contribution in [1.82, 2.24) is 15.3 Å². The molecular weight excluding hydrogens is 402 g/mol. The molecule has 0 radical (unpaired) electrons. The molecule has 0 saturated heterocycles. The van der Waals surface area contributed by atoms with Crippen molar-refractivity contribution in [2.75, 3.05) is 24.2 Å². The quantitative estimate of drug-likeness (QED) is 0.462. The summed E-state index contributed by atoms with van der Waals surface area (Å²) < 4.78 is 0. The van der Waals surface area contributed by atoms with Crippen molar-refractivity contribution in [3.63, 3.8) is 0 Å². The lowest BCUT2D eigenvalue weighted by atomic mass is 9.95. The molecule has 1 aromatic carbocycles. The summed E-state index contributed by atoms with van der Waals surface area (Å²) in [5.74, 6) is -1.36. The molecule has 10 nitrogen and oxygen atoms in total. The number of carbonyl (C=O) groups is 3. The number of nitrogens with one attached hydrogen (secondary N) is 1. The highest BCUT2D eigenvalue weighted by atomic mass is 16.4. The van der Waals surface area contributed by atoms with Crippen LogP contribution in [0.25, 0.3) is 0 Å². The lowest BCUT2D eigenvalue weighted by Gasteiger charge is -2.14. The van der Waals surface area contributed by atoms with E-state index in [-0.39, 0.29) is 18.8 Å². The van der Waals surface area contributed by atoms with E-state index < -0.39 is 23.9 Å². The Labute approximate surface area is 179 Å². The normalized spacial score (nSPS) is 15.9.